The molecule has 0 saturated heterocycles. The molecule has 9 heteroatoms. The highest BCUT2D eigenvalue weighted by Gasteiger charge is 2.25. The molecule has 0 aromatic carbocycles. The molecule has 2 N–H and O–H groups in total. The lowest BCUT2D eigenvalue weighted by Crippen LogP contribution is -2.05. The number of carbonyl (C=O) groups is 2. The van der Waals surface area contributed by atoms with Crippen LogP contribution in [0.25, 0.3) is 20.4 Å². The van der Waals surface area contributed by atoms with E-state index in [0.29, 0.717) is 33.5 Å². The highest BCUT2D eigenvalue weighted by molar-refractivity contribution is 9.11. The van der Waals surface area contributed by atoms with Crippen LogP contribution in [-0.2, 0) is 9.47 Å². The first kappa shape index (κ1) is 16.5. The van der Waals surface area contributed by atoms with E-state index in [1.807, 2.05) is 0 Å². The summed E-state index contributed by atoms with van der Waals surface area (Å²) in [5.74, 6) is -0.848. The van der Waals surface area contributed by atoms with Crippen LogP contribution in [0.15, 0.2) is 8.95 Å². The first-order chi connectivity index (χ1) is 11.0. The molecule has 6 nitrogen and oxygen atoms in total. The Morgan fingerprint density at radius 1 is 0.913 bits per heavy atom. The number of nitrogens with one attached hydrogen (secondary N) is 2. The fraction of sp³-hybridized carbons (Fsp3) is 0.286. The van der Waals surface area contributed by atoms with Crippen LogP contribution in [0.1, 0.15) is 34.8 Å². The summed E-state index contributed by atoms with van der Waals surface area (Å²) in [4.78, 5) is 30.1. The van der Waals surface area contributed by atoms with Gasteiger partial charge in [-0.05, 0) is 45.7 Å². The standard InChI is InChI=1S/C14H12Br2N2O4S/c1-3-21-13(19)7-5(15)11-9(17-7)10-12(23-11)6(16)8(18-10)14(20)22-4-2/h17-18H,3-4H2,1-2H3. The van der Waals surface area contributed by atoms with Gasteiger partial charge in [-0.2, -0.15) is 0 Å². The second-order valence-corrected chi connectivity index (χ2v) is 7.19. The molecule has 23 heavy (non-hydrogen) atoms. The van der Waals surface area contributed by atoms with Crippen molar-refractivity contribution in [1.82, 2.24) is 9.97 Å². The Kier molecular flexibility index (Phi) is 4.52. The molecule has 3 aromatic heterocycles. The molecule has 0 unspecified atom stereocenters. The van der Waals surface area contributed by atoms with E-state index in [1.54, 1.807) is 13.8 Å². The molecule has 0 aliphatic rings. The number of aromatic nitrogens is 2. The Balaban J connectivity index is 2.16. The summed E-state index contributed by atoms with van der Waals surface area (Å²) in [5, 5.41) is 0. The van der Waals surface area contributed by atoms with Crippen molar-refractivity contribution < 1.29 is 19.1 Å². The van der Waals surface area contributed by atoms with E-state index in [2.05, 4.69) is 41.8 Å². The Morgan fingerprint density at radius 3 is 1.65 bits per heavy atom. The minimum Gasteiger partial charge on any atom is -0.461 e. The number of hydrogen-bond acceptors (Lipinski definition) is 5. The van der Waals surface area contributed by atoms with Crippen LogP contribution in [0.2, 0.25) is 0 Å². The second kappa shape index (κ2) is 6.29. The summed E-state index contributed by atoms with van der Waals surface area (Å²) >= 11 is 8.34. The number of halogens is 2. The van der Waals surface area contributed by atoms with Crippen LogP contribution in [0.3, 0.4) is 0 Å². The van der Waals surface area contributed by atoms with E-state index < -0.39 is 11.9 Å². The largest absolute Gasteiger partial charge is 0.461 e. The fourth-order valence-corrected chi connectivity index (χ4v) is 4.76. The molecule has 0 spiro atoms. The molecule has 0 radical (unpaired) electrons. The fourth-order valence-electron chi connectivity index (χ4n) is 2.25. The van der Waals surface area contributed by atoms with E-state index in [1.165, 1.54) is 11.3 Å². The summed E-state index contributed by atoms with van der Waals surface area (Å²) in [6, 6.07) is 0. The minimum atomic E-state index is -0.424. The molecule has 0 amide bonds. The summed E-state index contributed by atoms with van der Waals surface area (Å²) in [7, 11) is 0. The highest BCUT2D eigenvalue weighted by Crippen LogP contribution is 2.43. The van der Waals surface area contributed by atoms with Crippen molar-refractivity contribution >= 4 is 75.6 Å². The van der Waals surface area contributed by atoms with Crippen LogP contribution >= 0.6 is 43.2 Å². The molecule has 0 aliphatic carbocycles. The van der Waals surface area contributed by atoms with Crippen LogP contribution < -0.4 is 0 Å². The third-order valence-electron chi connectivity index (χ3n) is 3.21. The maximum atomic E-state index is 12.0. The molecule has 0 aliphatic heterocycles. The van der Waals surface area contributed by atoms with Gasteiger partial charge in [0.15, 0.2) is 0 Å². The summed E-state index contributed by atoms with van der Waals surface area (Å²) in [6.45, 7) is 4.11. The van der Waals surface area contributed by atoms with Gasteiger partial charge in [0, 0.05) is 0 Å². The molecule has 3 heterocycles. The van der Waals surface area contributed by atoms with Gasteiger partial charge in [-0.1, -0.05) is 0 Å². The number of aromatic amines is 2. The average molecular weight is 464 g/mol. The first-order valence-corrected chi connectivity index (χ1v) is 9.25. The van der Waals surface area contributed by atoms with Crippen LogP contribution in [0, 0.1) is 0 Å². The molecule has 122 valence electrons. The zero-order valence-electron chi connectivity index (χ0n) is 12.2. The lowest BCUT2D eigenvalue weighted by Gasteiger charge is -1.99. The normalized spacial score (nSPS) is 11.3. The highest BCUT2D eigenvalue weighted by atomic mass is 79.9. The number of esters is 2. The van der Waals surface area contributed by atoms with Gasteiger partial charge >= 0.3 is 11.9 Å². The number of hydrogen-bond donors (Lipinski definition) is 2. The smallest absolute Gasteiger partial charge is 0.355 e. The van der Waals surface area contributed by atoms with Crippen LogP contribution in [0.5, 0.6) is 0 Å². The van der Waals surface area contributed by atoms with Gasteiger partial charge in [0.2, 0.25) is 0 Å². The SMILES string of the molecule is CCOC(=O)c1[nH]c2c(sc3c(Br)c(C(=O)OCC)[nH]c32)c1Br. The average Bonchev–Trinajstić information content (AvgIpc) is 3.12. The number of rotatable bonds is 4. The molecule has 0 bridgehead atoms. The van der Waals surface area contributed by atoms with Crippen molar-refractivity contribution in [3.05, 3.63) is 20.3 Å². The molecular formula is C14H12Br2N2O4S. The van der Waals surface area contributed by atoms with Gasteiger partial charge in [-0.15, -0.1) is 11.3 Å². The van der Waals surface area contributed by atoms with E-state index in [-0.39, 0.29) is 0 Å². The number of thiophene rings is 1. The Morgan fingerprint density at radius 2 is 1.30 bits per heavy atom. The first-order valence-electron chi connectivity index (χ1n) is 6.84. The number of H-pyrrole nitrogens is 2. The predicted octanol–water partition coefficient (Wildman–Crippen LogP) is 4.59. The van der Waals surface area contributed by atoms with Crippen molar-refractivity contribution in [1.29, 1.82) is 0 Å². The third kappa shape index (κ3) is 2.60. The zero-order chi connectivity index (χ0) is 16.7. The minimum absolute atomic E-state index is 0.300. The summed E-state index contributed by atoms with van der Waals surface area (Å²) < 4.78 is 13.1. The van der Waals surface area contributed by atoms with E-state index in [9.17, 15) is 9.59 Å². The number of ether oxygens (including phenoxy) is 2. The van der Waals surface area contributed by atoms with Gasteiger partial charge < -0.3 is 19.4 Å². The molecule has 0 fully saturated rings. The maximum Gasteiger partial charge on any atom is 0.355 e. The number of carbonyl (C=O) groups excluding carboxylic acids is 2. The quantitative estimate of drug-likeness (QED) is 0.554. The summed E-state index contributed by atoms with van der Waals surface area (Å²) in [6.07, 6.45) is 0. The Hall–Kier alpha value is -1.32. The second-order valence-electron chi connectivity index (χ2n) is 4.58. The zero-order valence-corrected chi connectivity index (χ0v) is 16.2. The third-order valence-corrected chi connectivity index (χ3v) is 6.54. The van der Waals surface area contributed by atoms with Crippen molar-refractivity contribution in [3.63, 3.8) is 0 Å². The van der Waals surface area contributed by atoms with E-state index >= 15 is 0 Å². The van der Waals surface area contributed by atoms with Gasteiger partial charge in [-0.3, -0.25) is 0 Å². The topological polar surface area (TPSA) is 84.2 Å². The Bertz CT molecular complexity index is 852. The monoisotopic (exact) mass is 462 g/mol. The predicted molar refractivity (Wildman–Crippen MR) is 95.3 cm³/mol. The van der Waals surface area contributed by atoms with Gasteiger partial charge in [0.25, 0.3) is 0 Å². The van der Waals surface area contributed by atoms with Gasteiger partial charge in [-0.25, -0.2) is 9.59 Å². The molecule has 0 saturated carbocycles. The Labute approximate surface area is 151 Å². The van der Waals surface area contributed by atoms with Crippen molar-refractivity contribution in [2.75, 3.05) is 13.2 Å². The lowest BCUT2D eigenvalue weighted by molar-refractivity contribution is 0.0510. The van der Waals surface area contributed by atoms with Crippen molar-refractivity contribution in [2.24, 2.45) is 0 Å². The van der Waals surface area contributed by atoms with Crippen molar-refractivity contribution in [2.45, 2.75) is 13.8 Å². The van der Waals surface area contributed by atoms with Gasteiger partial charge in [0.05, 0.1) is 42.6 Å². The van der Waals surface area contributed by atoms with Crippen molar-refractivity contribution in [3.8, 4) is 0 Å². The number of fused-ring (bicyclic) bond motifs is 3. The summed E-state index contributed by atoms with van der Waals surface area (Å²) in [5.41, 5.74) is 2.21. The van der Waals surface area contributed by atoms with E-state index in [0.717, 1.165) is 20.4 Å². The lowest BCUT2D eigenvalue weighted by atomic mass is 10.4. The van der Waals surface area contributed by atoms with Crippen LogP contribution in [-0.4, -0.2) is 35.1 Å². The van der Waals surface area contributed by atoms with Gasteiger partial charge in [0.1, 0.15) is 11.4 Å². The molecular weight excluding hydrogens is 452 g/mol. The maximum absolute atomic E-state index is 12.0. The molecule has 0 atom stereocenters. The molecule has 3 rings (SSSR count). The van der Waals surface area contributed by atoms with Crippen LogP contribution in [0.4, 0.5) is 0 Å². The molecule has 3 aromatic rings. The van der Waals surface area contributed by atoms with E-state index in [4.69, 9.17) is 9.47 Å².